The van der Waals surface area contributed by atoms with E-state index in [1.54, 1.807) is 18.1 Å². The van der Waals surface area contributed by atoms with Crippen molar-refractivity contribution in [1.29, 1.82) is 0 Å². The van der Waals surface area contributed by atoms with Gasteiger partial charge < -0.3 is 30.4 Å². The van der Waals surface area contributed by atoms with Gasteiger partial charge in [0.15, 0.2) is 5.78 Å². The largest absolute Gasteiger partial charge is 0.496 e. The van der Waals surface area contributed by atoms with E-state index in [0.717, 1.165) is 17.3 Å². The van der Waals surface area contributed by atoms with Crippen molar-refractivity contribution in [2.75, 3.05) is 26.8 Å². The number of H-pyrrole nitrogens is 1. The van der Waals surface area contributed by atoms with Gasteiger partial charge in [0.05, 0.1) is 13.2 Å². The predicted octanol–water partition coefficient (Wildman–Crippen LogP) is 1.40. The molecule has 2 aliphatic heterocycles. The number of likely N-dealkylation sites (tertiary alicyclic amines) is 1. The summed E-state index contributed by atoms with van der Waals surface area (Å²) in [6, 6.07) is 5.66. The molecule has 2 bridgehead atoms. The molecule has 2 aromatic rings. The van der Waals surface area contributed by atoms with Crippen LogP contribution in [0.15, 0.2) is 36.4 Å². The first-order chi connectivity index (χ1) is 18.9. The van der Waals surface area contributed by atoms with E-state index in [2.05, 4.69) is 27.8 Å². The molecule has 1 aromatic carbocycles. The predicted molar refractivity (Wildman–Crippen MR) is 142 cm³/mol. The number of rotatable bonds is 9. The summed E-state index contributed by atoms with van der Waals surface area (Å²) >= 11 is 0. The highest BCUT2D eigenvalue weighted by Crippen LogP contribution is 2.54. The normalized spacial score (nSPS) is 29.5. The first-order valence-electron chi connectivity index (χ1n) is 13.8. The summed E-state index contributed by atoms with van der Waals surface area (Å²) < 4.78 is 5.45. The lowest BCUT2D eigenvalue weighted by Crippen LogP contribution is -2.54. The standard InChI is InChI=1S/C29H34N4O6/c1-39-24-4-2-3-20-18(24)12-22(31-20)29(38)33-13-19-16-5-6-17(11-16)25(19)26(33)28(37)32-21(23(35)14-34)8-7-15-9-10-30-27(15)36/h2-6,12,15-17,19,21,25-26,31,34H,7-11,13-14H2,1H3,(H,30,36)(H,32,37)/t15-,16-,17+,19-,21+,25+,26+/m1/s1. The number of Topliss-reactive ketones (excluding diaryl/α,β-unsaturated/α-hetero) is 1. The summed E-state index contributed by atoms with van der Waals surface area (Å²) in [6.45, 7) is 0.359. The highest BCUT2D eigenvalue weighted by atomic mass is 16.5. The Labute approximate surface area is 226 Å². The number of hydrogen-bond donors (Lipinski definition) is 4. The van der Waals surface area contributed by atoms with Crippen LogP contribution in [0.5, 0.6) is 5.75 Å². The van der Waals surface area contributed by atoms with Crippen LogP contribution in [0.3, 0.4) is 0 Å². The smallest absolute Gasteiger partial charge is 0.271 e. The van der Waals surface area contributed by atoms with Crippen LogP contribution in [-0.2, 0) is 14.4 Å². The number of allylic oxidation sites excluding steroid dienone is 2. The van der Waals surface area contributed by atoms with Crippen LogP contribution in [0, 0.1) is 29.6 Å². The highest BCUT2D eigenvalue weighted by Gasteiger charge is 2.58. The number of nitrogens with one attached hydrogen (secondary N) is 3. The zero-order valence-corrected chi connectivity index (χ0v) is 21.9. The molecule has 4 N–H and O–H groups in total. The van der Waals surface area contributed by atoms with Crippen molar-refractivity contribution in [2.45, 2.75) is 37.8 Å². The second-order valence-corrected chi connectivity index (χ2v) is 11.2. The van der Waals surface area contributed by atoms with Gasteiger partial charge in [0.25, 0.3) is 5.91 Å². The quantitative estimate of drug-likeness (QED) is 0.359. The fourth-order valence-corrected chi connectivity index (χ4v) is 7.31. The number of aliphatic hydroxyl groups is 1. The molecule has 6 rings (SSSR count). The van der Waals surface area contributed by atoms with Crippen molar-refractivity contribution < 1.29 is 29.0 Å². The molecule has 7 atom stereocenters. The maximum Gasteiger partial charge on any atom is 0.271 e. The van der Waals surface area contributed by atoms with E-state index in [4.69, 9.17) is 4.74 Å². The molecule has 1 aromatic heterocycles. The lowest BCUT2D eigenvalue weighted by atomic mass is 9.81. The van der Waals surface area contributed by atoms with E-state index in [-0.39, 0.29) is 47.8 Å². The van der Waals surface area contributed by atoms with Gasteiger partial charge in [-0.05, 0) is 67.6 Å². The third-order valence-electron chi connectivity index (χ3n) is 9.23. The molecule has 3 amide bonds. The Hall–Kier alpha value is -3.66. The SMILES string of the molecule is COc1cccc2[nH]c(C(=O)N3C[C@H]4[C@@H]([C@H]3C(=O)N[C@@H](CC[C@@H]3CCNC3=O)C(=O)CO)[C@H]3C=C[C@@H]4C3)cc12. The molecule has 0 spiro atoms. The molecule has 4 aliphatic rings. The number of ketones is 1. The maximum absolute atomic E-state index is 13.9. The van der Waals surface area contributed by atoms with E-state index >= 15 is 0 Å². The number of aliphatic hydroxyl groups excluding tert-OH is 1. The van der Waals surface area contributed by atoms with E-state index in [9.17, 15) is 24.3 Å². The summed E-state index contributed by atoms with van der Waals surface area (Å²) in [5.41, 5.74) is 1.15. The summed E-state index contributed by atoms with van der Waals surface area (Å²) in [5, 5.41) is 16.0. The number of hydrogen-bond acceptors (Lipinski definition) is 6. The van der Waals surface area contributed by atoms with Gasteiger partial charge in [-0.1, -0.05) is 18.2 Å². The van der Waals surface area contributed by atoms with Crippen molar-refractivity contribution >= 4 is 34.4 Å². The van der Waals surface area contributed by atoms with Crippen LogP contribution >= 0.6 is 0 Å². The Morgan fingerprint density at radius 1 is 1.23 bits per heavy atom. The first kappa shape index (κ1) is 25.6. The number of nitrogens with zero attached hydrogens (tertiary/aromatic N) is 1. The molecule has 2 saturated heterocycles. The summed E-state index contributed by atoms with van der Waals surface area (Å²) in [6.07, 6.45) is 6.71. The van der Waals surface area contributed by atoms with Crippen LogP contribution in [0.1, 0.15) is 36.2 Å². The Balaban J connectivity index is 1.26. The number of carbonyl (C=O) groups excluding carboxylic acids is 4. The molecule has 10 nitrogen and oxygen atoms in total. The van der Waals surface area contributed by atoms with E-state index in [1.807, 2.05) is 18.2 Å². The number of aromatic nitrogens is 1. The molecule has 10 heteroatoms. The van der Waals surface area contributed by atoms with E-state index < -0.39 is 24.5 Å². The van der Waals surface area contributed by atoms with E-state index in [0.29, 0.717) is 43.3 Å². The maximum atomic E-state index is 13.9. The molecular weight excluding hydrogens is 500 g/mol. The summed E-state index contributed by atoms with van der Waals surface area (Å²) in [5.74, 6) is -0.0831. The second-order valence-electron chi connectivity index (χ2n) is 11.2. The van der Waals surface area contributed by atoms with Crippen molar-refractivity contribution in [3.05, 3.63) is 42.1 Å². The van der Waals surface area contributed by atoms with Crippen LogP contribution in [-0.4, -0.2) is 77.4 Å². The van der Waals surface area contributed by atoms with Crippen molar-refractivity contribution in [2.24, 2.45) is 29.6 Å². The molecule has 2 aliphatic carbocycles. The molecule has 1 saturated carbocycles. The molecule has 0 radical (unpaired) electrons. The number of benzene rings is 1. The summed E-state index contributed by atoms with van der Waals surface area (Å²) in [4.78, 5) is 57.3. The number of carbonyl (C=O) groups is 4. The highest BCUT2D eigenvalue weighted by molar-refractivity contribution is 6.02. The van der Waals surface area contributed by atoms with Gasteiger partial charge in [-0.2, -0.15) is 0 Å². The van der Waals surface area contributed by atoms with Gasteiger partial charge in [0.1, 0.15) is 24.1 Å². The zero-order chi connectivity index (χ0) is 27.3. The van der Waals surface area contributed by atoms with Crippen molar-refractivity contribution in [3.8, 4) is 5.75 Å². The van der Waals surface area contributed by atoms with Gasteiger partial charge >= 0.3 is 0 Å². The first-order valence-corrected chi connectivity index (χ1v) is 13.8. The Bertz CT molecular complexity index is 1350. The Morgan fingerprint density at radius 3 is 2.79 bits per heavy atom. The van der Waals surface area contributed by atoms with Crippen LogP contribution in [0.4, 0.5) is 0 Å². The van der Waals surface area contributed by atoms with Crippen LogP contribution in [0.25, 0.3) is 10.9 Å². The second kappa shape index (κ2) is 10.1. The van der Waals surface area contributed by atoms with Crippen molar-refractivity contribution in [1.82, 2.24) is 20.5 Å². The van der Waals surface area contributed by atoms with Gasteiger partial charge in [-0.25, -0.2) is 0 Å². The van der Waals surface area contributed by atoms with Crippen LogP contribution < -0.4 is 15.4 Å². The topological polar surface area (TPSA) is 141 Å². The number of methoxy groups -OCH3 is 1. The van der Waals surface area contributed by atoms with Crippen molar-refractivity contribution in [3.63, 3.8) is 0 Å². The average molecular weight is 535 g/mol. The molecule has 206 valence electrons. The van der Waals surface area contributed by atoms with E-state index in [1.165, 1.54) is 0 Å². The number of ether oxygens (including phenoxy) is 1. The lowest BCUT2D eigenvalue weighted by molar-refractivity contribution is -0.132. The molecule has 3 heterocycles. The number of aromatic amines is 1. The fourth-order valence-electron chi connectivity index (χ4n) is 7.31. The molecule has 3 fully saturated rings. The molecule has 0 unspecified atom stereocenters. The zero-order valence-electron chi connectivity index (χ0n) is 21.9. The monoisotopic (exact) mass is 534 g/mol. The van der Waals surface area contributed by atoms with Gasteiger partial charge in [0.2, 0.25) is 11.8 Å². The third kappa shape index (κ3) is 4.40. The third-order valence-corrected chi connectivity index (χ3v) is 9.23. The Kier molecular flexibility index (Phi) is 6.66. The van der Waals surface area contributed by atoms with Crippen LogP contribution in [0.2, 0.25) is 0 Å². The lowest BCUT2D eigenvalue weighted by Gasteiger charge is -2.30. The number of amides is 3. The van der Waals surface area contributed by atoms with Gasteiger partial charge in [-0.15, -0.1) is 0 Å². The minimum absolute atomic E-state index is 0.0339. The minimum atomic E-state index is -0.918. The number of fused-ring (bicyclic) bond motifs is 6. The fraction of sp³-hybridized carbons (Fsp3) is 0.517. The molecule has 39 heavy (non-hydrogen) atoms. The van der Waals surface area contributed by atoms with Gasteiger partial charge in [-0.3, -0.25) is 19.2 Å². The summed E-state index contributed by atoms with van der Waals surface area (Å²) in [7, 11) is 1.58. The minimum Gasteiger partial charge on any atom is -0.496 e. The average Bonchev–Trinajstić information content (AvgIpc) is 3.76. The Morgan fingerprint density at radius 2 is 2.05 bits per heavy atom. The van der Waals surface area contributed by atoms with Gasteiger partial charge in [0, 0.05) is 29.9 Å². The molecular formula is C29H34N4O6.